The van der Waals surface area contributed by atoms with Gasteiger partial charge in [-0.15, -0.1) is 11.6 Å². The maximum Gasteiger partial charge on any atom is 0.226 e. The van der Waals surface area contributed by atoms with Crippen LogP contribution in [0.5, 0.6) is 0 Å². The summed E-state index contributed by atoms with van der Waals surface area (Å²) in [7, 11) is 0. The molecule has 1 amide bonds. The van der Waals surface area contributed by atoms with Crippen molar-refractivity contribution in [2.75, 3.05) is 19.0 Å². The second-order valence-corrected chi connectivity index (χ2v) is 11.1. The molecule has 2 N–H and O–H groups in total. The van der Waals surface area contributed by atoms with Gasteiger partial charge in [0.15, 0.2) is 0 Å². The number of amides is 1. The molecule has 1 aliphatic heterocycles. The Morgan fingerprint density at radius 2 is 1.90 bits per heavy atom. The number of hydrogen-bond acceptors (Lipinski definition) is 2. The smallest absolute Gasteiger partial charge is 0.226 e. The SMILES string of the molecule is CC1CC2CC(C)(C(=O)NC3CCNCC3C)CC(c3ccccc3)(C1)C2.CCCl. The zero-order chi connectivity index (χ0) is 21.8. The summed E-state index contributed by atoms with van der Waals surface area (Å²) in [4.78, 5) is 13.5. The van der Waals surface area contributed by atoms with Crippen molar-refractivity contribution < 1.29 is 4.79 Å². The van der Waals surface area contributed by atoms with E-state index < -0.39 is 0 Å². The molecule has 6 atom stereocenters. The molecule has 3 aliphatic rings. The summed E-state index contributed by atoms with van der Waals surface area (Å²) >= 11 is 5.00. The van der Waals surface area contributed by atoms with E-state index in [9.17, 15) is 4.79 Å². The summed E-state index contributed by atoms with van der Waals surface area (Å²) in [5.74, 6) is 2.96. The van der Waals surface area contributed by atoms with E-state index >= 15 is 0 Å². The van der Waals surface area contributed by atoms with E-state index in [4.69, 9.17) is 11.6 Å². The Morgan fingerprint density at radius 1 is 1.20 bits per heavy atom. The van der Waals surface area contributed by atoms with Crippen LogP contribution in [0.2, 0.25) is 0 Å². The number of benzene rings is 1. The molecule has 3 nitrogen and oxygen atoms in total. The van der Waals surface area contributed by atoms with E-state index in [1.54, 1.807) is 0 Å². The number of carbonyl (C=O) groups is 1. The molecule has 6 unspecified atom stereocenters. The predicted molar refractivity (Wildman–Crippen MR) is 127 cm³/mol. The number of alkyl halides is 1. The summed E-state index contributed by atoms with van der Waals surface area (Å²) in [6, 6.07) is 11.4. The molecule has 2 bridgehead atoms. The van der Waals surface area contributed by atoms with Gasteiger partial charge < -0.3 is 10.6 Å². The van der Waals surface area contributed by atoms with Gasteiger partial charge in [0, 0.05) is 17.3 Å². The van der Waals surface area contributed by atoms with E-state index in [0.717, 1.165) is 44.1 Å². The van der Waals surface area contributed by atoms with Crippen LogP contribution < -0.4 is 10.6 Å². The van der Waals surface area contributed by atoms with Gasteiger partial charge >= 0.3 is 0 Å². The second kappa shape index (κ2) is 10.0. The highest BCUT2D eigenvalue weighted by atomic mass is 35.5. The number of carbonyl (C=O) groups excluding carboxylic acids is 1. The molecule has 4 rings (SSSR count). The van der Waals surface area contributed by atoms with Crippen LogP contribution in [0.15, 0.2) is 30.3 Å². The zero-order valence-corrected chi connectivity index (χ0v) is 20.1. The molecule has 1 aromatic rings. The summed E-state index contributed by atoms with van der Waals surface area (Å²) in [5.41, 5.74) is 1.38. The number of halogens is 1. The first-order valence-electron chi connectivity index (χ1n) is 11.9. The van der Waals surface area contributed by atoms with Crippen molar-refractivity contribution >= 4 is 17.5 Å². The molecule has 1 aromatic carbocycles. The second-order valence-electron chi connectivity index (χ2n) is 10.5. The Bertz CT molecular complexity index is 692. The van der Waals surface area contributed by atoms with Crippen LogP contribution in [0.4, 0.5) is 0 Å². The molecule has 2 saturated carbocycles. The summed E-state index contributed by atoms with van der Waals surface area (Å²) in [6.07, 6.45) is 6.86. The molecule has 0 spiro atoms. The van der Waals surface area contributed by atoms with Crippen LogP contribution in [-0.2, 0) is 10.2 Å². The van der Waals surface area contributed by atoms with E-state index in [1.165, 1.54) is 24.8 Å². The number of piperidine rings is 1. The first-order valence-corrected chi connectivity index (χ1v) is 12.5. The molecule has 3 fully saturated rings. The van der Waals surface area contributed by atoms with Gasteiger partial charge in [0.1, 0.15) is 0 Å². The van der Waals surface area contributed by atoms with Crippen molar-refractivity contribution in [1.29, 1.82) is 0 Å². The average Bonchev–Trinajstić information content (AvgIpc) is 2.70. The standard InChI is InChI=1S/C24H36N2O.C2H5Cl/c1-17-11-19-13-23(3,22(27)26-21-9-10-25-15-18(21)2)16-24(12-17,14-19)20-7-5-4-6-8-20;1-2-3/h4-8,17-19,21,25H,9-16H2,1-3H3,(H,26,27);2H2,1H3. The maximum absolute atomic E-state index is 13.5. The third kappa shape index (κ3) is 5.22. The largest absolute Gasteiger partial charge is 0.353 e. The number of rotatable bonds is 3. The average molecular weight is 433 g/mol. The molecule has 4 heteroatoms. The lowest BCUT2D eigenvalue weighted by Gasteiger charge is -2.54. The van der Waals surface area contributed by atoms with Crippen molar-refractivity contribution in [1.82, 2.24) is 10.6 Å². The van der Waals surface area contributed by atoms with Gasteiger partial charge in [0.25, 0.3) is 0 Å². The third-order valence-electron chi connectivity index (χ3n) is 7.66. The van der Waals surface area contributed by atoms with Crippen LogP contribution in [0, 0.1) is 23.2 Å². The van der Waals surface area contributed by atoms with E-state index in [2.05, 4.69) is 61.7 Å². The summed E-state index contributed by atoms with van der Waals surface area (Å²) < 4.78 is 0. The van der Waals surface area contributed by atoms with Crippen LogP contribution in [-0.4, -0.2) is 30.9 Å². The van der Waals surface area contributed by atoms with Gasteiger partial charge in [-0.2, -0.15) is 0 Å². The van der Waals surface area contributed by atoms with Gasteiger partial charge in [-0.1, -0.05) is 58.0 Å². The van der Waals surface area contributed by atoms with Gasteiger partial charge in [0.2, 0.25) is 5.91 Å². The fourth-order valence-corrected chi connectivity index (χ4v) is 6.67. The number of fused-ring (bicyclic) bond motifs is 2. The highest BCUT2D eigenvalue weighted by molar-refractivity contribution is 6.17. The van der Waals surface area contributed by atoms with Crippen molar-refractivity contribution in [3.63, 3.8) is 0 Å². The molecule has 1 heterocycles. The fraction of sp³-hybridized carbons (Fsp3) is 0.731. The normalized spacial score (nSPS) is 38.2. The van der Waals surface area contributed by atoms with Crippen molar-refractivity contribution in [3.8, 4) is 0 Å². The first kappa shape index (κ1) is 23.6. The summed E-state index contributed by atoms with van der Waals surface area (Å²) in [6.45, 7) is 10.8. The Kier molecular flexibility index (Phi) is 7.90. The van der Waals surface area contributed by atoms with Crippen LogP contribution in [0.1, 0.15) is 71.8 Å². The van der Waals surface area contributed by atoms with Crippen molar-refractivity contribution in [2.24, 2.45) is 23.2 Å². The van der Waals surface area contributed by atoms with Crippen LogP contribution in [0.25, 0.3) is 0 Å². The Balaban J connectivity index is 0.000000806. The maximum atomic E-state index is 13.5. The topological polar surface area (TPSA) is 41.1 Å². The molecule has 2 aliphatic carbocycles. The van der Waals surface area contributed by atoms with E-state index in [-0.39, 0.29) is 10.8 Å². The van der Waals surface area contributed by atoms with Crippen LogP contribution >= 0.6 is 11.6 Å². The molecule has 0 radical (unpaired) electrons. The van der Waals surface area contributed by atoms with Gasteiger partial charge in [-0.05, 0) is 80.3 Å². The molecule has 0 aromatic heterocycles. The minimum Gasteiger partial charge on any atom is -0.353 e. The lowest BCUT2D eigenvalue weighted by atomic mass is 9.50. The Labute approximate surface area is 188 Å². The minimum absolute atomic E-state index is 0.174. The summed E-state index contributed by atoms with van der Waals surface area (Å²) in [5, 5.41) is 6.91. The molecule has 30 heavy (non-hydrogen) atoms. The quantitative estimate of drug-likeness (QED) is 0.617. The highest BCUT2D eigenvalue weighted by Crippen LogP contribution is 2.58. The van der Waals surface area contributed by atoms with Crippen molar-refractivity contribution in [2.45, 2.75) is 77.7 Å². The highest BCUT2D eigenvalue weighted by Gasteiger charge is 2.53. The van der Waals surface area contributed by atoms with E-state index in [0.29, 0.717) is 23.8 Å². The fourth-order valence-electron chi connectivity index (χ4n) is 6.67. The lowest BCUT2D eigenvalue weighted by Crippen LogP contribution is -2.56. The molecule has 168 valence electrons. The van der Waals surface area contributed by atoms with Gasteiger partial charge in [0.05, 0.1) is 0 Å². The Hall–Kier alpha value is -1.06. The van der Waals surface area contributed by atoms with Crippen molar-refractivity contribution in [3.05, 3.63) is 35.9 Å². The van der Waals surface area contributed by atoms with E-state index in [1.807, 2.05) is 6.92 Å². The molecule has 1 saturated heterocycles. The number of hydrogen-bond donors (Lipinski definition) is 2. The zero-order valence-electron chi connectivity index (χ0n) is 19.3. The van der Waals surface area contributed by atoms with Gasteiger partial charge in [-0.25, -0.2) is 0 Å². The lowest BCUT2D eigenvalue weighted by molar-refractivity contribution is -0.137. The molecular formula is C26H41ClN2O. The first-order chi connectivity index (χ1) is 14.3. The van der Waals surface area contributed by atoms with Crippen LogP contribution in [0.3, 0.4) is 0 Å². The third-order valence-corrected chi connectivity index (χ3v) is 7.66. The number of nitrogens with one attached hydrogen (secondary N) is 2. The predicted octanol–water partition coefficient (Wildman–Crippen LogP) is 5.52. The minimum atomic E-state index is -0.247. The molecular weight excluding hydrogens is 392 g/mol. The van der Waals surface area contributed by atoms with Gasteiger partial charge in [-0.3, -0.25) is 4.79 Å². The monoisotopic (exact) mass is 432 g/mol. The Morgan fingerprint density at radius 3 is 2.57 bits per heavy atom.